The van der Waals surface area contributed by atoms with Gasteiger partial charge in [0, 0.05) is 36.6 Å². The number of para-hydroxylation sites is 1. The predicted molar refractivity (Wildman–Crippen MR) is 98.0 cm³/mol. The number of H-pyrrole nitrogens is 1. The van der Waals surface area contributed by atoms with Gasteiger partial charge in [-0.25, -0.2) is 0 Å². The number of nitrogens with zero attached hydrogens (tertiary/aromatic N) is 1. The maximum atomic E-state index is 12.8. The molecule has 2 fully saturated rings. The van der Waals surface area contributed by atoms with E-state index >= 15 is 0 Å². The molecule has 1 aliphatic heterocycles. The van der Waals surface area contributed by atoms with E-state index in [1.807, 2.05) is 0 Å². The molecule has 3 heteroatoms. The number of hydrogen-bond acceptors (Lipinski definition) is 1. The third kappa shape index (κ3) is 3.09. The Morgan fingerprint density at radius 3 is 2.62 bits per heavy atom. The fourth-order valence-electron chi connectivity index (χ4n) is 4.75. The first-order valence-corrected chi connectivity index (χ1v) is 9.67. The minimum atomic E-state index is 0.369. The predicted octanol–water partition coefficient (Wildman–Crippen LogP) is 4.84. The van der Waals surface area contributed by atoms with Gasteiger partial charge in [-0.15, -0.1) is 0 Å². The standard InChI is InChI=1S/C21H28N2O/c24-21(23-12-6-7-13-23)14-18(16-8-2-1-3-9-16)19-15-22-20-11-5-4-10-17(19)20/h4-5,10-11,15-16,18,22H,1-3,6-9,12-14H2. The lowest BCUT2D eigenvalue weighted by Gasteiger charge is -2.31. The molecule has 24 heavy (non-hydrogen) atoms. The first-order chi connectivity index (χ1) is 11.8. The third-order valence-corrected chi connectivity index (χ3v) is 6.09. The number of rotatable bonds is 4. The van der Waals surface area contributed by atoms with E-state index in [1.54, 1.807) is 0 Å². The van der Waals surface area contributed by atoms with Gasteiger partial charge in [0.2, 0.25) is 5.91 Å². The van der Waals surface area contributed by atoms with Gasteiger partial charge >= 0.3 is 0 Å². The number of likely N-dealkylation sites (tertiary alicyclic amines) is 1. The second-order valence-corrected chi connectivity index (χ2v) is 7.59. The lowest BCUT2D eigenvalue weighted by molar-refractivity contribution is -0.130. The van der Waals surface area contributed by atoms with E-state index in [9.17, 15) is 4.79 Å². The van der Waals surface area contributed by atoms with Gasteiger partial charge in [-0.3, -0.25) is 4.79 Å². The highest BCUT2D eigenvalue weighted by Gasteiger charge is 2.31. The van der Waals surface area contributed by atoms with Crippen LogP contribution < -0.4 is 0 Å². The van der Waals surface area contributed by atoms with Gasteiger partial charge in [0.05, 0.1) is 0 Å². The summed E-state index contributed by atoms with van der Waals surface area (Å²) < 4.78 is 0. The minimum Gasteiger partial charge on any atom is -0.361 e. The Morgan fingerprint density at radius 1 is 1.08 bits per heavy atom. The SMILES string of the molecule is O=C(CC(c1c[nH]c2ccccc12)C1CCCCC1)N1CCCC1. The molecule has 1 aromatic heterocycles. The molecule has 0 spiro atoms. The fraction of sp³-hybridized carbons (Fsp3) is 0.571. The molecule has 1 atom stereocenters. The molecule has 1 unspecified atom stereocenters. The maximum absolute atomic E-state index is 12.8. The lowest BCUT2D eigenvalue weighted by atomic mass is 9.75. The first-order valence-electron chi connectivity index (χ1n) is 9.67. The Kier molecular flexibility index (Phi) is 4.59. The normalized spacial score (nSPS) is 20.6. The molecule has 3 nitrogen and oxygen atoms in total. The third-order valence-electron chi connectivity index (χ3n) is 6.09. The van der Waals surface area contributed by atoms with Crippen LogP contribution in [0.4, 0.5) is 0 Å². The highest BCUT2D eigenvalue weighted by atomic mass is 16.2. The molecule has 1 aliphatic carbocycles. The largest absolute Gasteiger partial charge is 0.361 e. The lowest BCUT2D eigenvalue weighted by Crippen LogP contribution is -2.31. The van der Waals surface area contributed by atoms with Crippen LogP contribution in [0.2, 0.25) is 0 Å². The Labute approximate surface area is 144 Å². The Bertz CT molecular complexity index is 693. The number of carbonyl (C=O) groups is 1. The van der Waals surface area contributed by atoms with Crippen molar-refractivity contribution in [2.75, 3.05) is 13.1 Å². The van der Waals surface area contributed by atoms with E-state index in [0.717, 1.165) is 13.1 Å². The summed E-state index contributed by atoms with van der Waals surface area (Å²) in [4.78, 5) is 18.4. The van der Waals surface area contributed by atoms with Crippen LogP contribution in [0, 0.1) is 5.92 Å². The number of aromatic amines is 1. The van der Waals surface area contributed by atoms with Crippen LogP contribution in [0.25, 0.3) is 10.9 Å². The molecule has 0 radical (unpaired) electrons. The summed E-state index contributed by atoms with van der Waals surface area (Å²) in [6.45, 7) is 1.92. The van der Waals surface area contributed by atoms with Gasteiger partial charge < -0.3 is 9.88 Å². The van der Waals surface area contributed by atoms with Crippen molar-refractivity contribution in [2.24, 2.45) is 5.92 Å². The van der Waals surface area contributed by atoms with Crippen molar-refractivity contribution >= 4 is 16.8 Å². The second-order valence-electron chi connectivity index (χ2n) is 7.59. The van der Waals surface area contributed by atoms with Crippen molar-refractivity contribution in [3.8, 4) is 0 Å². The molecule has 2 heterocycles. The second kappa shape index (κ2) is 7.00. The van der Waals surface area contributed by atoms with Crippen LogP contribution in [0.3, 0.4) is 0 Å². The van der Waals surface area contributed by atoms with Crippen LogP contribution in [0.5, 0.6) is 0 Å². The summed E-state index contributed by atoms with van der Waals surface area (Å²) >= 11 is 0. The average molecular weight is 324 g/mol. The van der Waals surface area contributed by atoms with Crippen molar-refractivity contribution < 1.29 is 4.79 Å². The van der Waals surface area contributed by atoms with Crippen molar-refractivity contribution in [2.45, 2.75) is 57.3 Å². The molecule has 0 bridgehead atoms. The van der Waals surface area contributed by atoms with Gasteiger partial charge in [0.25, 0.3) is 0 Å². The summed E-state index contributed by atoms with van der Waals surface area (Å²) in [6, 6.07) is 8.53. The minimum absolute atomic E-state index is 0.369. The van der Waals surface area contributed by atoms with Gasteiger partial charge in [-0.2, -0.15) is 0 Å². The smallest absolute Gasteiger partial charge is 0.223 e. The van der Waals surface area contributed by atoms with E-state index in [2.05, 4.69) is 40.3 Å². The van der Waals surface area contributed by atoms with Gasteiger partial charge in [0.15, 0.2) is 0 Å². The number of carbonyl (C=O) groups excluding carboxylic acids is 1. The van der Waals surface area contributed by atoms with Crippen LogP contribution in [-0.2, 0) is 4.79 Å². The molecule has 2 aliphatic rings. The Balaban J connectivity index is 1.63. The van der Waals surface area contributed by atoms with E-state index in [0.29, 0.717) is 24.2 Å². The molecule has 1 aromatic carbocycles. The summed E-state index contributed by atoms with van der Waals surface area (Å²) in [6.07, 6.45) is 11.8. The molecule has 1 saturated heterocycles. The van der Waals surface area contributed by atoms with Gasteiger partial charge in [0.1, 0.15) is 0 Å². The monoisotopic (exact) mass is 324 g/mol. The van der Waals surface area contributed by atoms with E-state index in [1.165, 1.54) is 61.4 Å². The number of hydrogen-bond donors (Lipinski definition) is 1. The quantitative estimate of drug-likeness (QED) is 0.858. The zero-order valence-electron chi connectivity index (χ0n) is 14.5. The van der Waals surface area contributed by atoms with Crippen molar-refractivity contribution in [1.82, 2.24) is 9.88 Å². The number of fused-ring (bicyclic) bond motifs is 1. The van der Waals surface area contributed by atoms with Gasteiger partial charge in [-0.1, -0.05) is 37.5 Å². The molecule has 1 saturated carbocycles. The molecular formula is C21H28N2O. The number of benzene rings is 1. The highest BCUT2D eigenvalue weighted by molar-refractivity contribution is 5.85. The molecular weight excluding hydrogens is 296 g/mol. The Morgan fingerprint density at radius 2 is 1.83 bits per heavy atom. The van der Waals surface area contributed by atoms with Crippen LogP contribution >= 0.6 is 0 Å². The molecule has 128 valence electrons. The van der Waals surface area contributed by atoms with Crippen molar-refractivity contribution in [3.63, 3.8) is 0 Å². The molecule has 2 aromatic rings. The van der Waals surface area contributed by atoms with Crippen LogP contribution in [0.1, 0.15) is 62.8 Å². The molecule has 4 rings (SSSR count). The number of nitrogens with one attached hydrogen (secondary N) is 1. The fourth-order valence-corrected chi connectivity index (χ4v) is 4.75. The molecule has 1 amide bonds. The summed E-state index contributed by atoms with van der Waals surface area (Å²) in [5.41, 5.74) is 2.56. The van der Waals surface area contributed by atoms with Crippen LogP contribution in [0.15, 0.2) is 30.5 Å². The summed E-state index contributed by atoms with van der Waals surface area (Å²) in [5, 5.41) is 1.31. The zero-order chi connectivity index (χ0) is 16.4. The van der Waals surface area contributed by atoms with E-state index in [-0.39, 0.29) is 0 Å². The topological polar surface area (TPSA) is 36.1 Å². The highest BCUT2D eigenvalue weighted by Crippen LogP contribution is 2.41. The number of amides is 1. The molecule has 1 N–H and O–H groups in total. The van der Waals surface area contributed by atoms with E-state index < -0.39 is 0 Å². The van der Waals surface area contributed by atoms with Crippen molar-refractivity contribution in [3.05, 3.63) is 36.0 Å². The first kappa shape index (κ1) is 15.7. The summed E-state index contributed by atoms with van der Waals surface area (Å²) in [5.74, 6) is 1.40. The maximum Gasteiger partial charge on any atom is 0.223 e. The Hall–Kier alpha value is -1.77. The number of aromatic nitrogens is 1. The van der Waals surface area contributed by atoms with Crippen molar-refractivity contribution in [1.29, 1.82) is 0 Å². The van der Waals surface area contributed by atoms with Gasteiger partial charge in [-0.05, 0) is 49.1 Å². The zero-order valence-corrected chi connectivity index (χ0v) is 14.5. The average Bonchev–Trinajstić information content (AvgIpc) is 3.30. The summed E-state index contributed by atoms with van der Waals surface area (Å²) in [7, 11) is 0. The van der Waals surface area contributed by atoms with E-state index in [4.69, 9.17) is 0 Å². The van der Waals surface area contributed by atoms with Crippen LogP contribution in [-0.4, -0.2) is 28.9 Å².